The van der Waals surface area contributed by atoms with E-state index in [1.165, 1.54) is 0 Å². The molecule has 2 aliphatic heterocycles. The van der Waals surface area contributed by atoms with Crippen LogP contribution in [-0.2, 0) is 28.9 Å². The molecule has 1 aromatic heterocycles. The van der Waals surface area contributed by atoms with Crippen molar-refractivity contribution < 1.29 is 27.8 Å². The van der Waals surface area contributed by atoms with Crippen molar-refractivity contribution in [2.45, 2.75) is 51.2 Å². The van der Waals surface area contributed by atoms with Gasteiger partial charge < -0.3 is 25.1 Å². The molecule has 5 rings (SSSR count). The summed E-state index contributed by atoms with van der Waals surface area (Å²) in [5.41, 5.74) is 9.10. The van der Waals surface area contributed by atoms with E-state index in [0.717, 1.165) is 46.5 Å². The molecule has 9 nitrogen and oxygen atoms in total. The van der Waals surface area contributed by atoms with Gasteiger partial charge in [0.05, 0.1) is 12.1 Å². The van der Waals surface area contributed by atoms with Crippen LogP contribution in [0.4, 0.5) is 25.1 Å². The van der Waals surface area contributed by atoms with Gasteiger partial charge in [0.15, 0.2) is 5.82 Å². The molecule has 0 spiro atoms. The largest absolute Gasteiger partial charge is 0.491 e. The number of hydrogen-bond donors (Lipinski definition) is 2. The van der Waals surface area contributed by atoms with Crippen LogP contribution < -0.4 is 20.7 Å². The summed E-state index contributed by atoms with van der Waals surface area (Å²) in [6.45, 7) is 2.10. The van der Waals surface area contributed by atoms with E-state index in [1.54, 1.807) is 13.1 Å². The lowest BCUT2D eigenvalue weighted by atomic mass is 9.99. The summed E-state index contributed by atoms with van der Waals surface area (Å²) in [4.78, 5) is 29.2. The number of hydrogen-bond acceptors (Lipinski definition) is 6. The minimum atomic E-state index is -2.75. The van der Waals surface area contributed by atoms with Gasteiger partial charge in [-0.1, -0.05) is 0 Å². The van der Waals surface area contributed by atoms with Gasteiger partial charge in [0.2, 0.25) is 5.91 Å². The lowest BCUT2D eigenvalue weighted by Crippen LogP contribution is -2.38. The van der Waals surface area contributed by atoms with Gasteiger partial charge in [0, 0.05) is 18.0 Å². The molecular weight excluding hydrogens is 424 g/mol. The van der Waals surface area contributed by atoms with Gasteiger partial charge in [-0.15, -0.1) is 0 Å². The second kappa shape index (κ2) is 7.64. The predicted molar refractivity (Wildman–Crippen MR) is 111 cm³/mol. The van der Waals surface area contributed by atoms with Gasteiger partial charge in [0.25, 0.3) is 6.43 Å². The van der Waals surface area contributed by atoms with Crippen molar-refractivity contribution in [3.8, 4) is 17.1 Å². The number of halogens is 2. The van der Waals surface area contributed by atoms with E-state index in [2.05, 4.69) is 10.3 Å². The van der Waals surface area contributed by atoms with E-state index < -0.39 is 30.5 Å². The zero-order valence-electron chi connectivity index (χ0n) is 17.4. The maximum absolute atomic E-state index is 13.5. The monoisotopic (exact) mass is 447 g/mol. The van der Waals surface area contributed by atoms with E-state index in [0.29, 0.717) is 24.7 Å². The fraction of sp³-hybridized carbons (Fsp3) is 0.476. The molecule has 32 heavy (non-hydrogen) atoms. The van der Waals surface area contributed by atoms with E-state index in [9.17, 15) is 18.4 Å². The van der Waals surface area contributed by atoms with Crippen LogP contribution in [0.3, 0.4) is 0 Å². The first kappa shape index (κ1) is 20.5. The molecule has 2 amide bonds. The number of alkyl halides is 2. The van der Waals surface area contributed by atoms with Crippen LogP contribution in [0.1, 0.15) is 24.5 Å². The summed E-state index contributed by atoms with van der Waals surface area (Å²) >= 11 is 0. The average molecular weight is 447 g/mol. The van der Waals surface area contributed by atoms with E-state index in [-0.39, 0.29) is 12.4 Å². The first-order valence-corrected chi connectivity index (χ1v) is 10.5. The Morgan fingerprint density at radius 1 is 1.31 bits per heavy atom. The fourth-order valence-electron chi connectivity index (χ4n) is 4.58. The van der Waals surface area contributed by atoms with Crippen LogP contribution >= 0.6 is 0 Å². The zero-order chi connectivity index (χ0) is 22.6. The van der Waals surface area contributed by atoms with E-state index in [1.807, 2.05) is 10.6 Å². The lowest BCUT2D eigenvalue weighted by molar-refractivity contribution is -0.118. The highest BCUT2D eigenvalue weighted by molar-refractivity contribution is 5.90. The van der Waals surface area contributed by atoms with Gasteiger partial charge in [-0.25, -0.2) is 23.5 Å². The summed E-state index contributed by atoms with van der Waals surface area (Å²) in [6, 6.07) is -0.0795. The molecule has 3 aliphatic rings. The SMILES string of the molecule is CC(Nc1cc2c(c3c1CCC3)-c1nc(N3C(=O)OC[C@H]3C(F)F)cn1CCO2)C(N)=O. The van der Waals surface area contributed by atoms with Gasteiger partial charge >= 0.3 is 6.09 Å². The minimum Gasteiger partial charge on any atom is -0.491 e. The third-order valence-electron chi connectivity index (χ3n) is 6.19. The Morgan fingerprint density at radius 2 is 2.09 bits per heavy atom. The minimum absolute atomic E-state index is 0.136. The molecule has 2 aromatic rings. The van der Waals surface area contributed by atoms with Crippen molar-refractivity contribution >= 4 is 23.5 Å². The first-order chi connectivity index (χ1) is 15.3. The summed E-state index contributed by atoms with van der Waals surface area (Å²) in [5, 5.41) is 3.18. The third-order valence-corrected chi connectivity index (χ3v) is 6.19. The molecule has 0 saturated carbocycles. The molecule has 1 saturated heterocycles. The molecule has 2 atom stereocenters. The molecule has 0 radical (unpaired) electrons. The van der Waals surface area contributed by atoms with Crippen molar-refractivity contribution in [3.63, 3.8) is 0 Å². The normalized spacial score (nSPS) is 20.2. The van der Waals surface area contributed by atoms with Crippen LogP contribution in [-0.4, -0.2) is 53.3 Å². The summed E-state index contributed by atoms with van der Waals surface area (Å²) in [5.74, 6) is 0.832. The number of nitrogens with one attached hydrogen (secondary N) is 1. The number of primary amides is 1. The second-order valence-corrected chi connectivity index (χ2v) is 8.19. The highest BCUT2D eigenvalue weighted by Gasteiger charge is 2.42. The molecule has 170 valence electrons. The van der Waals surface area contributed by atoms with Gasteiger partial charge in [-0.2, -0.15) is 0 Å². The van der Waals surface area contributed by atoms with Crippen LogP contribution in [0.5, 0.6) is 5.75 Å². The van der Waals surface area contributed by atoms with Gasteiger partial charge in [-0.05, 0) is 37.3 Å². The molecule has 0 bridgehead atoms. The number of carbonyl (C=O) groups is 2. The number of imidazole rings is 1. The van der Waals surface area contributed by atoms with Crippen LogP contribution in [0.2, 0.25) is 0 Å². The second-order valence-electron chi connectivity index (χ2n) is 8.19. The molecule has 11 heteroatoms. The van der Waals surface area contributed by atoms with Crippen molar-refractivity contribution in [3.05, 3.63) is 23.4 Å². The number of nitrogens with two attached hydrogens (primary N) is 1. The highest BCUT2D eigenvalue weighted by Crippen LogP contribution is 2.45. The lowest BCUT2D eigenvalue weighted by Gasteiger charge is -2.20. The Balaban J connectivity index is 1.61. The van der Waals surface area contributed by atoms with Gasteiger partial charge in [-0.3, -0.25) is 4.79 Å². The smallest absolute Gasteiger partial charge is 0.416 e. The number of aromatic nitrogens is 2. The van der Waals surface area contributed by atoms with Crippen LogP contribution in [0.25, 0.3) is 11.4 Å². The summed E-state index contributed by atoms with van der Waals surface area (Å²) < 4.78 is 39.6. The van der Waals surface area contributed by atoms with Crippen LogP contribution in [0, 0.1) is 0 Å². The van der Waals surface area contributed by atoms with Crippen molar-refractivity contribution in [2.24, 2.45) is 5.73 Å². The van der Waals surface area contributed by atoms with E-state index >= 15 is 0 Å². The predicted octanol–water partition coefficient (Wildman–Crippen LogP) is 2.31. The topological polar surface area (TPSA) is 112 Å². The number of ether oxygens (including phenoxy) is 2. The molecule has 1 aromatic carbocycles. The van der Waals surface area contributed by atoms with Crippen LogP contribution in [0.15, 0.2) is 12.3 Å². The van der Waals surface area contributed by atoms with Crippen molar-refractivity contribution in [2.75, 3.05) is 23.4 Å². The molecule has 1 unspecified atom stereocenters. The van der Waals surface area contributed by atoms with Gasteiger partial charge in [0.1, 0.15) is 36.9 Å². The number of anilines is 2. The maximum Gasteiger partial charge on any atom is 0.416 e. The molecule has 3 N–H and O–H groups in total. The number of benzene rings is 1. The number of cyclic esters (lactones) is 1. The number of carbonyl (C=O) groups excluding carboxylic acids is 2. The molecule has 3 heterocycles. The Hall–Kier alpha value is -3.37. The Bertz CT molecular complexity index is 1100. The number of nitrogens with zero attached hydrogens (tertiary/aromatic N) is 3. The van der Waals surface area contributed by atoms with Crippen molar-refractivity contribution in [1.29, 1.82) is 0 Å². The summed E-state index contributed by atoms with van der Waals surface area (Å²) in [6.07, 6.45) is 0.544. The Kier molecular flexibility index (Phi) is 4.90. The Labute approximate surface area is 182 Å². The third kappa shape index (κ3) is 3.23. The standard InChI is InChI=1S/C21H23F2N5O4/c1-10(19(24)29)25-13-7-15-17(12-4-2-3-11(12)13)20-26-16(8-27(20)5-6-31-15)28-14(18(22)23)9-32-21(28)30/h7-8,10,14,18,25H,2-6,9H2,1H3,(H2,24,29)/t10?,14-/m0/s1. The number of rotatable bonds is 5. The average Bonchev–Trinajstić information content (AvgIpc) is 3.45. The molecular formula is C21H23F2N5O4. The van der Waals surface area contributed by atoms with E-state index in [4.69, 9.17) is 15.2 Å². The summed E-state index contributed by atoms with van der Waals surface area (Å²) in [7, 11) is 0. The zero-order valence-corrected chi connectivity index (χ0v) is 17.4. The Morgan fingerprint density at radius 3 is 2.84 bits per heavy atom. The van der Waals surface area contributed by atoms with Crippen molar-refractivity contribution in [1.82, 2.24) is 9.55 Å². The first-order valence-electron chi connectivity index (χ1n) is 10.5. The number of amides is 2. The molecule has 1 aliphatic carbocycles. The highest BCUT2D eigenvalue weighted by atomic mass is 19.3. The number of fused-ring (bicyclic) bond motifs is 5. The fourth-order valence-corrected chi connectivity index (χ4v) is 4.58. The maximum atomic E-state index is 13.5. The molecule has 1 fully saturated rings. The quantitative estimate of drug-likeness (QED) is 0.728.